The molecule has 6 heteroatoms. The molecular weight excluding hydrogens is 243 g/mol. The monoisotopic (exact) mass is 253 g/mol. The fourth-order valence-corrected chi connectivity index (χ4v) is 1.48. The van der Waals surface area contributed by atoms with Crippen LogP contribution in [0.2, 0.25) is 0 Å². The van der Waals surface area contributed by atoms with Gasteiger partial charge >= 0.3 is 6.18 Å². The van der Waals surface area contributed by atoms with Crippen molar-refractivity contribution in [2.45, 2.75) is 12.7 Å². The maximum atomic E-state index is 12.6. The maximum absolute atomic E-state index is 12.6. The lowest BCUT2D eigenvalue weighted by molar-refractivity contribution is -0.137. The third kappa shape index (κ3) is 2.65. The maximum Gasteiger partial charge on any atom is 0.416 e. The lowest BCUT2D eigenvalue weighted by atomic mass is 10.1. The highest BCUT2D eigenvalue weighted by Gasteiger charge is 2.30. The summed E-state index contributed by atoms with van der Waals surface area (Å²) in [6.07, 6.45) is -2.90. The third-order valence-corrected chi connectivity index (χ3v) is 2.37. The molecule has 0 spiro atoms. The molecule has 2 N–H and O–H groups in total. The average molecular weight is 253 g/mol. The van der Waals surface area contributed by atoms with Crippen LogP contribution in [0.25, 0.3) is 11.4 Å². The highest BCUT2D eigenvalue weighted by molar-refractivity contribution is 5.56. The van der Waals surface area contributed by atoms with Crippen molar-refractivity contribution in [3.8, 4) is 11.4 Å². The summed E-state index contributed by atoms with van der Waals surface area (Å²) in [6, 6.07) is 6.52. The van der Waals surface area contributed by atoms with Gasteiger partial charge in [-0.05, 0) is 18.2 Å². The normalized spacial score (nSPS) is 11.6. The van der Waals surface area contributed by atoms with Gasteiger partial charge in [0.2, 0.25) is 0 Å². The van der Waals surface area contributed by atoms with Gasteiger partial charge in [-0.1, -0.05) is 12.1 Å². The van der Waals surface area contributed by atoms with Crippen LogP contribution in [0.4, 0.5) is 13.2 Å². The van der Waals surface area contributed by atoms with Crippen molar-refractivity contribution in [3.63, 3.8) is 0 Å². The molecule has 0 saturated heterocycles. The summed E-state index contributed by atoms with van der Waals surface area (Å²) in [5, 5.41) is 0. The Labute approximate surface area is 101 Å². The summed E-state index contributed by atoms with van der Waals surface area (Å²) in [6.45, 7) is 0.217. The van der Waals surface area contributed by atoms with E-state index in [1.807, 2.05) is 0 Å². The van der Waals surface area contributed by atoms with Crippen molar-refractivity contribution in [2.75, 3.05) is 0 Å². The van der Waals surface area contributed by atoms with E-state index in [4.69, 9.17) is 5.73 Å². The molecule has 3 nitrogen and oxygen atoms in total. The highest BCUT2D eigenvalue weighted by atomic mass is 19.4. The molecule has 18 heavy (non-hydrogen) atoms. The number of nitrogens with two attached hydrogens (primary N) is 1. The smallest absolute Gasteiger partial charge is 0.325 e. The second-order valence-corrected chi connectivity index (χ2v) is 3.65. The minimum atomic E-state index is -4.37. The van der Waals surface area contributed by atoms with Crippen LogP contribution >= 0.6 is 0 Å². The molecule has 1 aromatic heterocycles. The van der Waals surface area contributed by atoms with E-state index in [1.54, 1.807) is 6.07 Å². The molecule has 0 fully saturated rings. The van der Waals surface area contributed by atoms with Crippen LogP contribution in [0.3, 0.4) is 0 Å². The number of rotatable bonds is 2. The fourth-order valence-electron chi connectivity index (χ4n) is 1.48. The molecule has 0 unspecified atom stereocenters. The number of benzene rings is 1. The zero-order chi connectivity index (χ0) is 13.2. The van der Waals surface area contributed by atoms with E-state index in [2.05, 4.69) is 9.97 Å². The van der Waals surface area contributed by atoms with Crippen molar-refractivity contribution in [1.29, 1.82) is 0 Å². The van der Waals surface area contributed by atoms with Crippen LogP contribution in [0.5, 0.6) is 0 Å². The molecule has 0 amide bonds. The summed E-state index contributed by atoms with van der Waals surface area (Å²) in [7, 11) is 0. The van der Waals surface area contributed by atoms with E-state index in [-0.39, 0.29) is 12.4 Å². The summed E-state index contributed by atoms with van der Waals surface area (Å²) in [5.74, 6) is 0.240. The molecule has 0 bridgehead atoms. The van der Waals surface area contributed by atoms with Crippen LogP contribution in [-0.4, -0.2) is 9.97 Å². The number of hydrogen-bond donors (Lipinski definition) is 1. The van der Waals surface area contributed by atoms with Crippen molar-refractivity contribution >= 4 is 0 Å². The minimum Gasteiger partial charge on any atom is -0.325 e. The summed E-state index contributed by atoms with van der Waals surface area (Å²) >= 11 is 0. The van der Waals surface area contributed by atoms with Crippen LogP contribution < -0.4 is 5.73 Å². The summed E-state index contributed by atoms with van der Waals surface area (Å²) < 4.78 is 37.7. The first kappa shape index (κ1) is 12.5. The van der Waals surface area contributed by atoms with Crippen molar-refractivity contribution in [3.05, 3.63) is 47.8 Å². The van der Waals surface area contributed by atoms with Gasteiger partial charge in [-0.25, -0.2) is 9.97 Å². The van der Waals surface area contributed by atoms with E-state index in [1.165, 1.54) is 18.3 Å². The predicted molar refractivity (Wildman–Crippen MR) is 60.4 cm³/mol. The van der Waals surface area contributed by atoms with Crippen LogP contribution in [0, 0.1) is 0 Å². The first-order valence-corrected chi connectivity index (χ1v) is 5.20. The molecule has 1 aromatic carbocycles. The Morgan fingerprint density at radius 1 is 1.17 bits per heavy atom. The fraction of sp³-hybridized carbons (Fsp3) is 0.167. The van der Waals surface area contributed by atoms with E-state index < -0.39 is 11.7 Å². The molecule has 0 aliphatic carbocycles. The van der Waals surface area contributed by atoms with E-state index in [9.17, 15) is 13.2 Å². The van der Waals surface area contributed by atoms with Gasteiger partial charge in [0.15, 0.2) is 5.82 Å². The van der Waals surface area contributed by atoms with E-state index >= 15 is 0 Å². The molecule has 2 rings (SSSR count). The lowest BCUT2D eigenvalue weighted by Gasteiger charge is -2.08. The van der Waals surface area contributed by atoms with Gasteiger partial charge in [-0.3, -0.25) is 0 Å². The van der Waals surface area contributed by atoms with Crippen molar-refractivity contribution in [1.82, 2.24) is 9.97 Å². The molecule has 0 saturated carbocycles. The topological polar surface area (TPSA) is 51.8 Å². The molecular formula is C12H10F3N3. The Morgan fingerprint density at radius 2 is 1.94 bits per heavy atom. The standard InChI is InChI=1S/C12H10F3N3/c13-12(14,15)9-3-1-2-8(6-9)11-17-5-4-10(7-16)18-11/h1-6H,7,16H2. The van der Waals surface area contributed by atoms with Gasteiger partial charge in [0.05, 0.1) is 11.3 Å². The quantitative estimate of drug-likeness (QED) is 0.895. The van der Waals surface area contributed by atoms with Gasteiger partial charge in [0, 0.05) is 18.3 Å². The number of halogens is 3. The van der Waals surface area contributed by atoms with Crippen molar-refractivity contribution in [2.24, 2.45) is 5.73 Å². The Kier molecular flexibility index (Phi) is 3.29. The van der Waals surface area contributed by atoms with Gasteiger partial charge in [-0.15, -0.1) is 0 Å². The predicted octanol–water partition coefficient (Wildman–Crippen LogP) is 2.62. The largest absolute Gasteiger partial charge is 0.416 e. The first-order chi connectivity index (χ1) is 8.50. The molecule has 94 valence electrons. The Hall–Kier alpha value is -1.95. The summed E-state index contributed by atoms with van der Waals surface area (Å²) in [4.78, 5) is 8.03. The zero-order valence-electron chi connectivity index (χ0n) is 9.28. The number of nitrogens with zero attached hydrogens (tertiary/aromatic N) is 2. The Bertz CT molecular complexity index is 552. The van der Waals surface area contributed by atoms with Gasteiger partial charge in [-0.2, -0.15) is 13.2 Å². The van der Waals surface area contributed by atoms with Gasteiger partial charge in [0.1, 0.15) is 0 Å². The number of aromatic nitrogens is 2. The summed E-state index contributed by atoms with van der Waals surface area (Å²) in [5.41, 5.74) is 5.61. The van der Waals surface area contributed by atoms with Crippen LogP contribution in [0.1, 0.15) is 11.3 Å². The Morgan fingerprint density at radius 3 is 2.61 bits per heavy atom. The first-order valence-electron chi connectivity index (χ1n) is 5.20. The molecule has 0 aliphatic heterocycles. The second kappa shape index (κ2) is 4.73. The van der Waals surface area contributed by atoms with Gasteiger partial charge in [0.25, 0.3) is 0 Å². The highest BCUT2D eigenvalue weighted by Crippen LogP contribution is 2.31. The van der Waals surface area contributed by atoms with E-state index in [0.717, 1.165) is 12.1 Å². The van der Waals surface area contributed by atoms with Crippen molar-refractivity contribution < 1.29 is 13.2 Å². The zero-order valence-corrected chi connectivity index (χ0v) is 9.28. The lowest BCUT2D eigenvalue weighted by Crippen LogP contribution is -2.05. The Balaban J connectivity index is 2.44. The van der Waals surface area contributed by atoms with E-state index in [0.29, 0.717) is 11.3 Å². The molecule has 1 heterocycles. The van der Waals surface area contributed by atoms with Crippen LogP contribution in [-0.2, 0) is 12.7 Å². The minimum absolute atomic E-state index is 0.217. The molecule has 0 aliphatic rings. The van der Waals surface area contributed by atoms with Gasteiger partial charge < -0.3 is 5.73 Å². The second-order valence-electron chi connectivity index (χ2n) is 3.65. The third-order valence-electron chi connectivity index (χ3n) is 2.37. The molecule has 2 aromatic rings. The van der Waals surface area contributed by atoms with Crippen LogP contribution in [0.15, 0.2) is 36.5 Å². The average Bonchev–Trinajstić information content (AvgIpc) is 2.38. The number of hydrogen-bond acceptors (Lipinski definition) is 3. The SMILES string of the molecule is NCc1ccnc(-c2cccc(C(F)(F)F)c2)n1. The molecule has 0 atom stereocenters. The molecule has 0 radical (unpaired) electrons. The number of alkyl halides is 3.